The van der Waals surface area contributed by atoms with Crippen LogP contribution in [0.5, 0.6) is 5.75 Å². The average Bonchev–Trinajstić information content (AvgIpc) is 3.17. The van der Waals surface area contributed by atoms with Crippen LogP contribution in [0.3, 0.4) is 0 Å². The predicted molar refractivity (Wildman–Crippen MR) is 103 cm³/mol. The molecule has 142 valence electrons. The molecule has 1 amide bonds. The Balaban J connectivity index is 0.00000901. The Morgan fingerprint density at radius 1 is 1.56 bits per heavy atom. The van der Waals surface area contributed by atoms with Crippen molar-refractivity contribution in [3.63, 3.8) is 0 Å². The zero-order valence-corrected chi connectivity index (χ0v) is 16.5. The number of nitrogens with zero attached hydrogens (tertiary/aromatic N) is 2. The Morgan fingerprint density at radius 2 is 2.30 bits per heavy atom. The van der Waals surface area contributed by atoms with E-state index >= 15 is 0 Å². The predicted octanol–water partition coefficient (Wildman–Crippen LogP) is -0.673. The van der Waals surface area contributed by atoms with Crippen LogP contribution in [0.4, 0.5) is 0 Å². The van der Waals surface area contributed by atoms with Crippen LogP contribution >= 0.6 is 11.3 Å². The van der Waals surface area contributed by atoms with Gasteiger partial charge < -0.3 is 15.3 Å². The first-order valence-electron chi connectivity index (χ1n) is 18.7. The molecule has 8 heteroatoms. The van der Waals surface area contributed by atoms with Crippen molar-refractivity contribution in [1.82, 2.24) is 14.8 Å². The number of hydrogen-bond donors (Lipinski definition) is 1. The van der Waals surface area contributed by atoms with Gasteiger partial charge in [0.1, 0.15) is 4.83 Å². The minimum absolute atomic E-state index is 0. The SMILES string of the molecule is [2H]c1sc2c(c1[2H])c([O-])c(C(=O)N([2H])C([2H])([2H])CC([2H])([2H])N1C([2H])([2H])C([2H])([2H])C([2H])([2H])C([2H])([2H])C1([2H])[2H])c(=O)n2C([2H])(C([2H])([2H])[2H])C([2H])([2H])[2H].[Na+]. The smallest absolute Gasteiger partial charge is 0.871 e. The Kier molecular flexibility index (Phi) is 2.36. The molecule has 2 aromatic rings. The molecule has 0 aliphatic carbocycles. The van der Waals surface area contributed by atoms with Crippen LogP contribution in [0.25, 0.3) is 10.2 Å². The van der Waals surface area contributed by atoms with Gasteiger partial charge in [-0.3, -0.25) is 14.2 Å². The number of nitrogens with one attached hydrogen (secondary N) is 1. The fourth-order valence-electron chi connectivity index (χ4n) is 1.95. The normalized spacial score (nSPS) is 39.9. The first-order valence-corrected chi connectivity index (χ1v) is 7.58. The van der Waals surface area contributed by atoms with Gasteiger partial charge in [-0.25, -0.2) is 0 Å². The summed E-state index contributed by atoms with van der Waals surface area (Å²) in [4.78, 5) is 25.5. The molecule has 2 aromatic heterocycles. The van der Waals surface area contributed by atoms with E-state index in [-0.39, 0.29) is 45.5 Å². The summed E-state index contributed by atoms with van der Waals surface area (Å²) in [5.74, 6) is -4.23. The Morgan fingerprint density at radius 3 is 3.00 bits per heavy atom. The molecule has 3 heterocycles. The van der Waals surface area contributed by atoms with Gasteiger partial charge in [0.2, 0.25) is 0 Å². The number of hydrogen-bond acceptors (Lipinski definition) is 5. The number of amides is 1. The molecule has 27 heavy (non-hydrogen) atoms. The van der Waals surface area contributed by atoms with Gasteiger partial charge in [0.25, 0.3) is 11.5 Å². The molecule has 3 rings (SSSR count). The Labute approximate surface area is 219 Å². The van der Waals surface area contributed by atoms with Gasteiger partial charge >= 0.3 is 29.6 Å². The van der Waals surface area contributed by atoms with Crippen LogP contribution in [0.1, 0.15) is 87.1 Å². The van der Waals surface area contributed by atoms with E-state index in [0.717, 1.165) is 0 Å². The molecule has 1 saturated heterocycles. The largest absolute Gasteiger partial charge is 1.00 e. The fraction of sp³-hybridized carbons (Fsp3) is 0.579. The number of thiophene rings is 1. The molecule has 1 aliphatic heterocycles. The summed E-state index contributed by atoms with van der Waals surface area (Å²) in [6, 6.07) is -5.13. The monoisotopic (exact) mass is 423 g/mol. The van der Waals surface area contributed by atoms with Gasteiger partial charge in [0, 0.05) is 45.3 Å². The number of carbonyl (C=O) groups excluding carboxylic acids is 1. The second kappa shape index (κ2) is 10.1. The van der Waals surface area contributed by atoms with Gasteiger partial charge in [-0.2, -0.15) is 0 Å². The minimum atomic E-state index is -4.14. The topological polar surface area (TPSA) is 77.4 Å². The maximum Gasteiger partial charge on any atom is 1.00 e. The van der Waals surface area contributed by atoms with E-state index in [1.54, 1.807) is 0 Å². The summed E-state index contributed by atoms with van der Waals surface area (Å²) in [6.45, 7) is -24.2. The molecule has 0 aromatic carbocycles. The standard InChI is InChI=1S/C19H27N3O3S.Na/c1-13(2)22-18(25)15(16(23)14-7-12-26-19(14)22)17(24)20-8-6-11-21-9-4-3-5-10-21;/h7,12-13,23H,3-6,8-11H2,1-2H3,(H,20,24);/q;+1/p-1/i1D3,2D3,3D2,4D2,5D2,7D,8D2,9D2,10D2,11D2,12D,13D;/hD. The molecule has 0 atom stereocenters. The maximum atomic E-state index is 13.7. The fourth-order valence-corrected chi connectivity index (χ4v) is 2.71. The Bertz CT molecular complexity index is 1740. The molecule has 6 nitrogen and oxygen atoms in total. The molecular weight excluding hydrogens is 373 g/mol. The molecule has 0 radical (unpaired) electrons. The third kappa shape index (κ3) is 4.95. The van der Waals surface area contributed by atoms with Crippen LogP contribution in [0, 0.1) is 0 Å². The van der Waals surface area contributed by atoms with Crippen LogP contribution in [0.2, 0.25) is 1.41 Å². The first kappa shape index (κ1) is 6.32. The second-order valence-electron chi connectivity index (χ2n) is 4.55. The molecular formula is C19H26N3NaO3S. The van der Waals surface area contributed by atoms with Crippen molar-refractivity contribution in [2.75, 3.05) is 26.0 Å². The van der Waals surface area contributed by atoms with E-state index in [4.69, 9.17) is 32.9 Å². The number of likely N-dealkylation sites (tertiary alicyclic amines) is 1. The molecule has 0 spiro atoms. The molecule has 0 bridgehead atoms. The quantitative estimate of drug-likeness (QED) is 0.625. The third-order valence-electron chi connectivity index (χ3n) is 3.01. The minimum Gasteiger partial charge on any atom is -0.871 e. The van der Waals surface area contributed by atoms with Crippen molar-refractivity contribution in [3.05, 3.63) is 27.3 Å². The van der Waals surface area contributed by atoms with E-state index in [0.29, 0.717) is 0 Å². The summed E-state index contributed by atoms with van der Waals surface area (Å²) < 4.78 is 192. The van der Waals surface area contributed by atoms with Crippen LogP contribution in [-0.2, 0) is 0 Å². The van der Waals surface area contributed by atoms with Gasteiger partial charge in [-0.05, 0) is 63.8 Å². The maximum absolute atomic E-state index is 13.7. The molecule has 1 aliphatic rings. The van der Waals surface area contributed by atoms with Crippen molar-refractivity contribution in [3.8, 4) is 5.75 Å². The van der Waals surface area contributed by atoms with Crippen LogP contribution in [0.15, 0.2) is 16.2 Å². The summed E-state index contributed by atoms with van der Waals surface area (Å²) >= 11 is 0.0120. The van der Waals surface area contributed by atoms with E-state index in [9.17, 15) is 14.7 Å². The van der Waals surface area contributed by atoms with Gasteiger partial charge in [-0.1, -0.05) is 12.1 Å². The van der Waals surface area contributed by atoms with Crippen LogP contribution in [-0.4, -0.2) is 41.4 Å². The van der Waals surface area contributed by atoms with Crippen molar-refractivity contribution in [2.24, 2.45) is 0 Å². The zero-order chi connectivity index (χ0) is 39.8. The van der Waals surface area contributed by atoms with E-state index in [1.807, 2.05) is 0 Å². The van der Waals surface area contributed by atoms with Gasteiger partial charge in [0.15, 0.2) is 1.41 Å². The molecule has 0 saturated carbocycles. The number of aromatic nitrogens is 1. The van der Waals surface area contributed by atoms with Crippen molar-refractivity contribution in [1.29, 1.82) is 0 Å². The summed E-state index contributed by atoms with van der Waals surface area (Å²) in [5, 5.41) is 10.5. The number of carbonyl (C=O) groups is 1. The van der Waals surface area contributed by atoms with Crippen molar-refractivity contribution >= 4 is 27.5 Å². The average molecular weight is 424 g/mol. The van der Waals surface area contributed by atoms with E-state index in [1.165, 1.54) is 0 Å². The van der Waals surface area contributed by atoms with E-state index in [2.05, 4.69) is 0 Å². The second-order valence-corrected chi connectivity index (χ2v) is 5.34. The number of fused-ring (bicyclic) bond motifs is 1. The van der Waals surface area contributed by atoms with E-state index < -0.39 is 126 Å². The van der Waals surface area contributed by atoms with Gasteiger partial charge in [-0.15, -0.1) is 11.3 Å². The Hall–Kier alpha value is -0.860. The molecule has 1 fully saturated rings. The zero-order valence-electron chi connectivity index (χ0n) is 37.7. The third-order valence-corrected chi connectivity index (χ3v) is 3.79. The van der Waals surface area contributed by atoms with Crippen LogP contribution < -0.4 is 45.5 Å². The number of rotatable bonds is 6. The number of piperidine rings is 1. The molecule has 1 N–H and O–H groups in total. The number of pyridine rings is 1. The summed E-state index contributed by atoms with van der Waals surface area (Å²) in [7, 11) is 0. The molecule has 0 unspecified atom stereocenters. The van der Waals surface area contributed by atoms with Gasteiger partial charge in [0.05, 0.1) is 9.68 Å². The van der Waals surface area contributed by atoms with Crippen molar-refractivity contribution < 1.29 is 72.4 Å². The van der Waals surface area contributed by atoms with Crippen molar-refractivity contribution in [2.45, 2.75) is 45.3 Å². The summed E-state index contributed by atoms with van der Waals surface area (Å²) in [6.07, 6.45) is -14.2. The summed E-state index contributed by atoms with van der Waals surface area (Å²) in [5.41, 5.74) is -4.16. The first-order chi connectivity index (χ1) is 21.8.